The summed E-state index contributed by atoms with van der Waals surface area (Å²) in [5.41, 5.74) is 2.39. The molecule has 1 aliphatic rings. The number of rotatable bonds is 3. The molecule has 2 aromatic heterocycles. The molecule has 0 fully saturated rings. The summed E-state index contributed by atoms with van der Waals surface area (Å²) in [6.45, 7) is 0. The first-order valence-corrected chi connectivity index (χ1v) is 7.32. The summed E-state index contributed by atoms with van der Waals surface area (Å²) in [5, 5.41) is 7.07. The zero-order valence-electron chi connectivity index (χ0n) is 11.9. The van der Waals surface area contributed by atoms with Gasteiger partial charge in [-0.05, 0) is 43.2 Å². The Morgan fingerprint density at radius 2 is 2.23 bits per heavy atom. The van der Waals surface area contributed by atoms with Crippen molar-refractivity contribution in [1.29, 1.82) is 0 Å². The average molecular weight is 298 g/mol. The molecule has 1 aliphatic carbocycles. The van der Waals surface area contributed by atoms with Crippen LogP contribution in [0.25, 0.3) is 11.3 Å². The van der Waals surface area contributed by atoms with Gasteiger partial charge in [0.1, 0.15) is 17.3 Å². The lowest BCUT2D eigenvalue weighted by atomic mass is 9.94. The molecule has 1 atom stereocenters. The number of hydrogen-bond acceptors (Lipinski definition) is 4. The molecule has 1 aromatic carbocycles. The van der Waals surface area contributed by atoms with E-state index in [1.165, 1.54) is 6.07 Å². The van der Waals surface area contributed by atoms with E-state index >= 15 is 0 Å². The number of hydrogen-bond donors (Lipinski definition) is 1. The number of nitrogens with zero attached hydrogens (tertiary/aromatic N) is 1. The van der Waals surface area contributed by atoms with Gasteiger partial charge in [-0.25, -0.2) is 4.39 Å². The molecule has 1 N–H and O–H groups in total. The average Bonchev–Trinajstić information content (AvgIpc) is 3.19. The van der Waals surface area contributed by atoms with Gasteiger partial charge in [-0.2, -0.15) is 0 Å². The minimum Gasteiger partial charge on any atom is -0.464 e. The van der Waals surface area contributed by atoms with Gasteiger partial charge in [0, 0.05) is 23.6 Å². The number of aryl methyl sites for hydroxylation is 1. The number of benzene rings is 1. The van der Waals surface area contributed by atoms with Gasteiger partial charge in [-0.15, -0.1) is 0 Å². The molecule has 22 heavy (non-hydrogen) atoms. The molecular weight excluding hydrogens is 283 g/mol. The van der Waals surface area contributed by atoms with Crippen LogP contribution in [-0.2, 0) is 12.8 Å². The molecule has 4 nitrogen and oxygen atoms in total. The van der Waals surface area contributed by atoms with Gasteiger partial charge in [0.25, 0.3) is 0 Å². The number of aromatic nitrogens is 1. The van der Waals surface area contributed by atoms with Crippen molar-refractivity contribution in [3.8, 4) is 11.3 Å². The summed E-state index contributed by atoms with van der Waals surface area (Å²) in [6, 6.07) is 8.86. The molecule has 0 amide bonds. The lowest BCUT2D eigenvalue weighted by Crippen LogP contribution is -2.27. The summed E-state index contributed by atoms with van der Waals surface area (Å²) < 4.78 is 24.8. The molecule has 1 unspecified atom stereocenters. The first kappa shape index (κ1) is 13.1. The largest absolute Gasteiger partial charge is 0.464 e. The number of furan rings is 1. The standard InChI is InChI=1S/C17H15FN2O2/c18-14-8-11(16-2-1-7-21-16)4-6-15(14)20-13-5-3-12-10-19-22-17(12)9-13/h1-2,4,6-8,10,13,20H,3,5,9H2. The van der Waals surface area contributed by atoms with Crippen LogP contribution < -0.4 is 5.32 Å². The number of nitrogens with one attached hydrogen (secondary N) is 1. The van der Waals surface area contributed by atoms with Crippen LogP contribution in [0.15, 0.2) is 51.7 Å². The Morgan fingerprint density at radius 1 is 1.27 bits per heavy atom. The Balaban J connectivity index is 1.52. The molecule has 0 spiro atoms. The van der Waals surface area contributed by atoms with Gasteiger partial charge in [0.2, 0.25) is 0 Å². The number of fused-ring (bicyclic) bond motifs is 1. The Kier molecular flexibility index (Phi) is 3.18. The Morgan fingerprint density at radius 3 is 3.05 bits per heavy atom. The van der Waals surface area contributed by atoms with Crippen molar-refractivity contribution in [1.82, 2.24) is 5.16 Å². The maximum atomic E-state index is 14.3. The summed E-state index contributed by atoms with van der Waals surface area (Å²) in [7, 11) is 0. The minimum atomic E-state index is -0.280. The van der Waals surface area contributed by atoms with Crippen molar-refractivity contribution < 1.29 is 13.3 Å². The summed E-state index contributed by atoms with van der Waals surface area (Å²) in [5.74, 6) is 1.28. The van der Waals surface area contributed by atoms with Crippen LogP contribution in [-0.4, -0.2) is 11.2 Å². The first-order valence-electron chi connectivity index (χ1n) is 7.32. The van der Waals surface area contributed by atoms with Crippen LogP contribution in [0, 0.1) is 5.82 Å². The topological polar surface area (TPSA) is 51.2 Å². The molecule has 112 valence electrons. The van der Waals surface area contributed by atoms with Crippen LogP contribution in [0.5, 0.6) is 0 Å². The van der Waals surface area contributed by atoms with E-state index in [9.17, 15) is 4.39 Å². The Labute approximate surface area is 126 Å². The van der Waals surface area contributed by atoms with E-state index in [1.807, 2.05) is 12.1 Å². The summed E-state index contributed by atoms with van der Waals surface area (Å²) >= 11 is 0. The zero-order valence-corrected chi connectivity index (χ0v) is 11.9. The summed E-state index contributed by atoms with van der Waals surface area (Å²) in [4.78, 5) is 0. The van der Waals surface area contributed by atoms with Gasteiger partial charge in [0.05, 0.1) is 18.1 Å². The van der Waals surface area contributed by atoms with E-state index in [0.717, 1.165) is 36.1 Å². The van der Waals surface area contributed by atoms with E-state index in [-0.39, 0.29) is 11.9 Å². The highest BCUT2D eigenvalue weighted by Crippen LogP contribution is 2.27. The third-order valence-corrected chi connectivity index (χ3v) is 4.06. The quantitative estimate of drug-likeness (QED) is 0.792. The van der Waals surface area contributed by atoms with Crippen LogP contribution in [0.1, 0.15) is 17.7 Å². The van der Waals surface area contributed by atoms with Gasteiger partial charge < -0.3 is 14.3 Å². The Bertz CT molecular complexity index is 780. The molecular formula is C17H15FN2O2. The fourth-order valence-electron chi connectivity index (χ4n) is 2.88. The second-order valence-corrected chi connectivity index (χ2v) is 5.53. The Hall–Kier alpha value is -2.56. The molecule has 0 bridgehead atoms. The molecule has 4 rings (SSSR count). The second-order valence-electron chi connectivity index (χ2n) is 5.53. The van der Waals surface area contributed by atoms with Gasteiger partial charge in [-0.3, -0.25) is 0 Å². The molecule has 5 heteroatoms. The van der Waals surface area contributed by atoms with E-state index in [1.54, 1.807) is 24.6 Å². The van der Waals surface area contributed by atoms with Crippen molar-refractivity contribution in [2.45, 2.75) is 25.3 Å². The minimum absolute atomic E-state index is 0.157. The second kappa shape index (κ2) is 5.33. The van der Waals surface area contributed by atoms with Gasteiger partial charge in [0.15, 0.2) is 0 Å². The molecule has 0 radical (unpaired) electrons. The van der Waals surface area contributed by atoms with Gasteiger partial charge in [-0.1, -0.05) is 5.16 Å². The highest BCUT2D eigenvalue weighted by Gasteiger charge is 2.22. The zero-order chi connectivity index (χ0) is 14.9. The smallest absolute Gasteiger partial charge is 0.147 e. The van der Waals surface area contributed by atoms with E-state index in [0.29, 0.717) is 11.4 Å². The predicted octanol–water partition coefficient (Wildman–Crippen LogP) is 4.04. The molecule has 2 heterocycles. The normalized spacial score (nSPS) is 17.2. The third-order valence-electron chi connectivity index (χ3n) is 4.06. The lowest BCUT2D eigenvalue weighted by Gasteiger charge is -2.23. The summed E-state index contributed by atoms with van der Waals surface area (Å²) in [6.07, 6.45) is 5.92. The molecule has 0 saturated carbocycles. The van der Waals surface area contributed by atoms with E-state index in [4.69, 9.17) is 8.94 Å². The van der Waals surface area contributed by atoms with Crippen molar-refractivity contribution in [3.05, 3.63) is 59.9 Å². The van der Waals surface area contributed by atoms with Crippen LogP contribution in [0.2, 0.25) is 0 Å². The highest BCUT2D eigenvalue weighted by molar-refractivity contribution is 5.62. The lowest BCUT2D eigenvalue weighted by molar-refractivity contribution is 0.366. The third kappa shape index (κ3) is 2.39. The molecule has 0 aliphatic heterocycles. The van der Waals surface area contributed by atoms with Gasteiger partial charge >= 0.3 is 0 Å². The molecule has 3 aromatic rings. The predicted molar refractivity (Wildman–Crippen MR) is 80.0 cm³/mol. The fourth-order valence-corrected chi connectivity index (χ4v) is 2.88. The van der Waals surface area contributed by atoms with Crippen molar-refractivity contribution in [3.63, 3.8) is 0 Å². The fraction of sp³-hybridized carbons (Fsp3) is 0.235. The number of anilines is 1. The molecule has 0 saturated heterocycles. The highest BCUT2D eigenvalue weighted by atomic mass is 19.1. The van der Waals surface area contributed by atoms with Crippen molar-refractivity contribution in [2.24, 2.45) is 0 Å². The van der Waals surface area contributed by atoms with Crippen LogP contribution in [0.4, 0.5) is 10.1 Å². The van der Waals surface area contributed by atoms with Crippen molar-refractivity contribution in [2.75, 3.05) is 5.32 Å². The van der Waals surface area contributed by atoms with Crippen molar-refractivity contribution >= 4 is 5.69 Å². The first-order chi connectivity index (χ1) is 10.8. The van der Waals surface area contributed by atoms with Crippen LogP contribution >= 0.6 is 0 Å². The van der Waals surface area contributed by atoms with Crippen LogP contribution in [0.3, 0.4) is 0 Å². The maximum Gasteiger partial charge on any atom is 0.147 e. The SMILES string of the molecule is Fc1cc(-c2ccco2)ccc1NC1CCc2cnoc2C1. The number of halogens is 1. The van der Waals surface area contributed by atoms with E-state index in [2.05, 4.69) is 10.5 Å². The maximum absolute atomic E-state index is 14.3. The monoisotopic (exact) mass is 298 g/mol. The van der Waals surface area contributed by atoms with E-state index < -0.39 is 0 Å².